The molecule has 0 amide bonds. The summed E-state index contributed by atoms with van der Waals surface area (Å²) in [6.07, 6.45) is 4.81. The van der Waals surface area contributed by atoms with Crippen LogP contribution in [0.15, 0.2) is 0 Å². The Morgan fingerprint density at radius 1 is 1.00 bits per heavy atom. The lowest BCUT2D eigenvalue weighted by atomic mass is 9.80. The fraction of sp³-hybridized carbons (Fsp3) is 1.00. The molecule has 2 rings (SSSR count). The second-order valence-electron chi connectivity index (χ2n) is 6.92. The van der Waals surface area contributed by atoms with Gasteiger partial charge in [0.15, 0.2) is 0 Å². The van der Waals surface area contributed by atoms with E-state index >= 15 is 0 Å². The molecule has 2 saturated carbocycles. The molecule has 0 bridgehead atoms. The van der Waals surface area contributed by atoms with Crippen LogP contribution in [0, 0.1) is 17.8 Å². The van der Waals surface area contributed by atoms with Crippen LogP contribution in [-0.2, 0) is 0 Å². The highest BCUT2D eigenvalue weighted by Gasteiger charge is 2.45. The topological polar surface area (TPSA) is 12.0 Å². The maximum absolute atomic E-state index is 13.0. The first-order chi connectivity index (χ1) is 9.47. The van der Waals surface area contributed by atoms with Crippen LogP contribution in [0.4, 0.5) is 13.2 Å². The molecule has 2 fully saturated rings. The van der Waals surface area contributed by atoms with E-state index in [1.165, 1.54) is 25.7 Å². The third-order valence-corrected chi connectivity index (χ3v) is 5.19. The predicted octanol–water partition coefficient (Wildman–Crippen LogP) is 4.91. The number of hydrogen-bond acceptors (Lipinski definition) is 1. The van der Waals surface area contributed by atoms with E-state index in [9.17, 15) is 13.2 Å². The third kappa shape index (κ3) is 4.64. The molecule has 0 aromatic heterocycles. The summed E-state index contributed by atoms with van der Waals surface area (Å²) in [6, 6.07) is -0.343. The van der Waals surface area contributed by atoms with E-state index < -0.39 is 12.1 Å². The molecule has 1 nitrogen and oxygen atoms in total. The van der Waals surface area contributed by atoms with Crippen molar-refractivity contribution in [1.29, 1.82) is 0 Å². The molecule has 0 aromatic carbocycles. The van der Waals surface area contributed by atoms with Crippen LogP contribution in [-0.4, -0.2) is 18.8 Å². The summed E-state index contributed by atoms with van der Waals surface area (Å²) in [5.41, 5.74) is 0. The first-order valence-corrected chi connectivity index (χ1v) is 8.27. The Labute approximate surface area is 120 Å². The van der Waals surface area contributed by atoms with Gasteiger partial charge in [-0.2, -0.15) is 13.2 Å². The SMILES string of the molecule is CC1CCCC(CCNC2CCCCC2C(F)(F)F)C1. The Morgan fingerprint density at radius 2 is 1.75 bits per heavy atom. The van der Waals surface area contributed by atoms with Crippen molar-refractivity contribution in [3.63, 3.8) is 0 Å². The van der Waals surface area contributed by atoms with Gasteiger partial charge in [-0.25, -0.2) is 0 Å². The number of nitrogens with one attached hydrogen (secondary N) is 1. The highest BCUT2D eigenvalue weighted by atomic mass is 19.4. The Kier molecular flexibility index (Phi) is 5.76. The van der Waals surface area contributed by atoms with Crippen LogP contribution >= 0.6 is 0 Å². The maximum atomic E-state index is 13.0. The summed E-state index contributed by atoms with van der Waals surface area (Å²) in [6.45, 7) is 3.05. The minimum Gasteiger partial charge on any atom is -0.313 e. The highest BCUT2D eigenvalue weighted by Crippen LogP contribution is 2.38. The molecule has 0 spiro atoms. The Morgan fingerprint density at radius 3 is 2.45 bits per heavy atom. The first kappa shape index (κ1) is 16.1. The highest BCUT2D eigenvalue weighted by molar-refractivity contribution is 4.85. The molecule has 4 heteroatoms. The lowest BCUT2D eigenvalue weighted by molar-refractivity contribution is -0.188. The van der Waals surface area contributed by atoms with Gasteiger partial charge in [0.05, 0.1) is 5.92 Å². The number of rotatable bonds is 4. The summed E-state index contributed by atoms with van der Waals surface area (Å²) >= 11 is 0. The predicted molar refractivity (Wildman–Crippen MR) is 75.5 cm³/mol. The molecule has 2 aliphatic carbocycles. The number of alkyl halides is 3. The monoisotopic (exact) mass is 291 g/mol. The van der Waals surface area contributed by atoms with E-state index in [1.807, 2.05) is 0 Å². The molecular weight excluding hydrogens is 263 g/mol. The Bertz CT molecular complexity index is 290. The van der Waals surface area contributed by atoms with Crippen LogP contribution in [0.5, 0.6) is 0 Å². The van der Waals surface area contributed by atoms with Crippen molar-refractivity contribution < 1.29 is 13.2 Å². The second kappa shape index (κ2) is 7.15. The lowest BCUT2D eigenvalue weighted by Gasteiger charge is -2.34. The van der Waals surface area contributed by atoms with E-state index in [4.69, 9.17) is 0 Å². The van der Waals surface area contributed by atoms with Crippen molar-refractivity contribution in [2.75, 3.05) is 6.54 Å². The van der Waals surface area contributed by atoms with Crippen molar-refractivity contribution in [3.05, 3.63) is 0 Å². The van der Waals surface area contributed by atoms with E-state index in [0.717, 1.165) is 37.6 Å². The van der Waals surface area contributed by atoms with Crippen LogP contribution in [0.3, 0.4) is 0 Å². The average Bonchev–Trinajstić information content (AvgIpc) is 2.38. The van der Waals surface area contributed by atoms with E-state index in [-0.39, 0.29) is 6.04 Å². The third-order valence-electron chi connectivity index (χ3n) is 5.19. The second-order valence-corrected chi connectivity index (χ2v) is 6.92. The molecule has 20 heavy (non-hydrogen) atoms. The smallest absolute Gasteiger partial charge is 0.313 e. The fourth-order valence-electron chi connectivity index (χ4n) is 4.06. The van der Waals surface area contributed by atoms with Crippen molar-refractivity contribution >= 4 is 0 Å². The normalized spacial score (nSPS) is 36.0. The summed E-state index contributed by atoms with van der Waals surface area (Å²) in [7, 11) is 0. The van der Waals surface area contributed by atoms with Gasteiger partial charge in [0.25, 0.3) is 0 Å². The number of halogens is 3. The summed E-state index contributed by atoms with van der Waals surface area (Å²) in [4.78, 5) is 0. The average molecular weight is 291 g/mol. The molecule has 0 heterocycles. The lowest BCUT2D eigenvalue weighted by Crippen LogP contribution is -2.46. The molecular formula is C16H28F3N. The zero-order valence-electron chi connectivity index (χ0n) is 12.5. The van der Waals surface area contributed by atoms with Gasteiger partial charge in [-0.15, -0.1) is 0 Å². The molecule has 0 aliphatic heterocycles. The molecule has 0 saturated heterocycles. The summed E-state index contributed by atoms with van der Waals surface area (Å²) < 4.78 is 39.0. The van der Waals surface area contributed by atoms with Gasteiger partial charge in [0, 0.05) is 6.04 Å². The molecule has 4 unspecified atom stereocenters. The zero-order chi connectivity index (χ0) is 14.6. The molecule has 118 valence electrons. The van der Waals surface area contributed by atoms with Gasteiger partial charge in [-0.05, 0) is 44.1 Å². The van der Waals surface area contributed by atoms with Gasteiger partial charge in [0.2, 0.25) is 0 Å². The minimum absolute atomic E-state index is 0.307. The molecule has 0 radical (unpaired) electrons. The van der Waals surface area contributed by atoms with Crippen molar-refractivity contribution in [2.45, 2.75) is 76.9 Å². The molecule has 2 aliphatic rings. The zero-order valence-corrected chi connectivity index (χ0v) is 12.5. The van der Waals surface area contributed by atoms with E-state index in [1.54, 1.807) is 0 Å². The van der Waals surface area contributed by atoms with Gasteiger partial charge < -0.3 is 5.32 Å². The Hall–Kier alpha value is -0.250. The maximum Gasteiger partial charge on any atom is 0.393 e. The van der Waals surface area contributed by atoms with Crippen LogP contribution < -0.4 is 5.32 Å². The quantitative estimate of drug-likeness (QED) is 0.775. The van der Waals surface area contributed by atoms with Crippen LogP contribution in [0.2, 0.25) is 0 Å². The van der Waals surface area contributed by atoms with Crippen molar-refractivity contribution in [2.24, 2.45) is 17.8 Å². The van der Waals surface area contributed by atoms with Gasteiger partial charge in [-0.3, -0.25) is 0 Å². The van der Waals surface area contributed by atoms with E-state index in [2.05, 4.69) is 12.2 Å². The fourth-order valence-corrected chi connectivity index (χ4v) is 4.06. The van der Waals surface area contributed by atoms with Crippen LogP contribution in [0.1, 0.15) is 64.7 Å². The van der Waals surface area contributed by atoms with Gasteiger partial charge >= 0.3 is 6.18 Å². The first-order valence-electron chi connectivity index (χ1n) is 8.27. The number of hydrogen-bond donors (Lipinski definition) is 1. The minimum atomic E-state index is -4.03. The standard InChI is InChI=1S/C16H28F3N/c1-12-5-4-6-13(11-12)9-10-20-15-8-3-2-7-14(15)16(17,18)19/h12-15,20H,2-11H2,1H3. The molecule has 1 N–H and O–H groups in total. The van der Waals surface area contributed by atoms with Gasteiger partial charge in [0.1, 0.15) is 0 Å². The summed E-state index contributed by atoms with van der Waals surface area (Å²) in [5.74, 6) is 0.395. The Balaban J connectivity index is 1.74. The molecule has 4 atom stereocenters. The van der Waals surface area contributed by atoms with Crippen molar-refractivity contribution in [1.82, 2.24) is 5.32 Å². The molecule has 0 aromatic rings. The van der Waals surface area contributed by atoms with Crippen LogP contribution in [0.25, 0.3) is 0 Å². The summed E-state index contributed by atoms with van der Waals surface area (Å²) in [5, 5.41) is 3.22. The van der Waals surface area contributed by atoms with Gasteiger partial charge in [-0.1, -0.05) is 39.0 Å². The van der Waals surface area contributed by atoms with Crippen molar-refractivity contribution in [3.8, 4) is 0 Å². The largest absolute Gasteiger partial charge is 0.393 e. The van der Waals surface area contributed by atoms with E-state index in [0.29, 0.717) is 12.8 Å².